The van der Waals surface area contributed by atoms with Crippen LogP contribution >= 0.6 is 0 Å². The van der Waals surface area contributed by atoms with Crippen molar-refractivity contribution in [2.75, 3.05) is 25.0 Å². The lowest BCUT2D eigenvalue weighted by Gasteiger charge is -2.34. The van der Waals surface area contributed by atoms with Gasteiger partial charge in [-0.2, -0.15) is 0 Å². The van der Waals surface area contributed by atoms with Crippen LogP contribution in [0.2, 0.25) is 0 Å². The average molecular weight is 409 g/mol. The maximum atomic E-state index is 13.0. The molecule has 0 aliphatic carbocycles. The zero-order chi connectivity index (χ0) is 21.3. The van der Waals surface area contributed by atoms with Gasteiger partial charge >= 0.3 is 6.03 Å². The largest absolute Gasteiger partial charge is 0.340 e. The highest BCUT2D eigenvalue weighted by atomic mass is 16.2. The molecule has 2 aliphatic rings. The second-order valence-corrected chi connectivity index (χ2v) is 8.00. The van der Waals surface area contributed by atoms with Crippen LogP contribution in [0.5, 0.6) is 0 Å². The zero-order valence-corrected chi connectivity index (χ0v) is 17.5. The molecule has 2 aromatic heterocycles. The summed E-state index contributed by atoms with van der Waals surface area (Å²) in [5, 5.41) is 10.7. The number of aromatic nitrogens is 2. The van der Waals surface area contributed by atoms with Crippen LogP contribution in [-0.2, 0) is 6.42 Å². The predicted molar refractivity (Wildman–Crippen MR) is 114 cm³/mol. The van der Waals surface area contributed by atoms with E-state index in [1.165, 1.54) is 18.0 Å². The number of anilines is 2. The minimum atomic E-state index is -0.348. The number of pyridine rings is 2. The Labute approximate surface area is 176 Å². The number of carbonyl (C=O) groups excluding carboxylic acids is 2. The van der Waals surface area contributed by atoms with Gasteiger partial charge in [-0.15, -0.1) is 0 Å². The van der Waals surface area contributed by atoms with E-state index < -0.39 is 0 Å². The molecule has 30 heavy (non-hydrogen) atoms. The number of likely N-dealkylation sites (tertiary alicyclic amines) is 1. The van der Waals surface area contributed by atoms with E-state index in [2.05, 4.69) is 22.1 Å². The number of nitrogens with zero attached hydrogens (tertiary/aromatic N) is 4. The van der Waals surface area contributed by atoms with Gasteiger partial charge in [0.05, 0.1) is 5.56 Å². The Balaban J connectivity index is 1.62. The molecular weight excluding hydrogens is 380 g/mol. The minimum absolute atomic E-state index is 0.0643. The molecular formula is C22H28N6O2. The third-order valence-electron chi connectivity index (χ3n) is 6.02. The Hall–Kier alpha value is -3.16. The van der Waals surface area contributed by atoms with E-state index in [4.69, 9.17) is 5.41 Å². The van der Waals surface area contributed by atoms with E-state index in [0.717, 1.165) is 55.8 Å². The van der Waals surface area contributed by atoms with Crippen molar-refractivity contribution in [1.82, 2.24) is 19.8 Å². The van der Waals surface area contributed by atoms with Crippen LogP contribution in [0, 0.1) is 5.41 Å². The van der Waals surface area contributed by atoms with Gasteiger partial charge in [-0.25, -0.2) is 9.78 Å². The molecule has 4 heterocycles. The van der Waals surface area contributed by atoms with Crippen molar-refractivity contribution in [3.8, 4) is 0 Å². The highest BCUT2D eigenvalue weighted by Crippen LogP contribution is 2.32. The Morgan fingerprint density at radius 3 is 2.77 bits per heavy atom. The summed E-state index contributed by atoms with van der Waals surface area (Å²) in [6.07, 6.45) is 8.37. The van der Waals surface area contributed by atoms with E-state index >= 15 is 0 Å². The molecule has 2 N–H and O–H groups in total. The highest BCUT2D eigenvalue weighted by Gasteiger charge is 2.27. The normalized spacial score (nSPS) is 18.7. The maximum absolute atomic E-state index is 13.0. The maximum Gasteiger partial charge on any atom is 0.326 e. The third kappa shape index (κ3) is 3.69. The number of hydrogen-bond acceptors (Lipinski definition) is 5. The van der Waals surface area contributed by atoms with E-state index in [0.29, 0.717) is 5.56 Å². The minimum Gasteiger partial charge on any atom is -0.340 e. The molecule has 0 spiro atoms. The Bertz CT molecular complexity index is 1030. The van der Waals surface area contributed by atoms with Crippen LogP contribution in [0.4, 0.5) is 16.3 Å². The lowest BCUT2D eigenvalue weighted by atomic mass is 10.0. The van der Waals surface area contributed by atoms with E-state index in [9.17, 15) is 9.59 Å². The van der Waals surface area contributed by atoms with Gasteiger partial charge < -0.3 is 15.1 Å². The van der Waals surface area contributed by atoms with Crippen molar-refractivity contribution in [3.63, 3.8) is 0 Å². The Kier molecular flexibility index (Phi) is 5.57. The topological polar surface area (TPSA) is 94.3 Å². The Morgan fingerprint density at radius 2 is 2.03 bits per heavy atom. The summed E-state index contributed by atoms with van der Waals surface area (Å²) < 4.78 is 1.25. The third-order valence-corrected chi connectivity index (χ3v) is 6.02. The van der Waals surface area contributed by atoms with E-state index in [1.807, 2.05) is 17.0 Å². The summed E-state index contributed by atoms with van der Waals surface area (Å²) in [6, 6.07) is 5.39. The standard InChI is InChI=1S/C22H28N6O2/c1-15-6-3-4-9-26(15)21(29)17-12-16-7-5-10-27(20(16)25-14-17)18-8-11-28(19(23)13-18)22(30)24-2/h8,11-15,23H,3-7,9-10H2,1-2H3,(H,24,30)/t15-/m1/s1. The zero-order valence-electron chi connectivity index (χ0n) is 17.5. The number of piperidine rings is 1. The van der Waals surface area contributed by atoms with Gasteiger partial charge in [0.15, 0.2) is 0 Å². The van der Waals surface area contributed by atoms with Gasteiger partial charge in [0, 0.05) is 50.3 Å². The molecule has 0 unspecified atom stereocenters. The monoisotopic (exact) mass is 408 g/mol. The van der Waals surface area contributed by atoms with Gasteiger partial charge in [-0.3, -0.25) is 14.8 Å². The number of amides is 2. The van der Waals surface area contributed by atoms with Crippen molar-refractivity contribution in [2.45, 2.75) is 45.1 Å². The summed E-state index contributed by atoms with van der Waals surface area (Å²) in [7, 11) is 1.54. The average Bonchev–Trinajstić information content (AvgIpc) is 2.77. The van der Waals surface area contributed by atoms with Crippen molar-refractivity contribution >= 4 is 23.4 Å². The number of rotatable bonds is 2. The van der Waals surface area contributed by atoms with E-state index in [1.54, 1.807) is 18.5 Å². The second kappa shape index (κ2) is 8.30. The number of fused-ring (bicyclic) bond motifs is 1. The second-order valence-electron chi connectivity index (χ2n) is 8.00. The molecule has 0 radical (unpaired) electrons. The van der Waals surface area contributed by atoms with Gasteiger partial charge in [0.2, 0.25) is 0 Å². The fraction of sp³-hybridized carbons (Fsp3) is 0.455. The number of aryl methyl sites for hydroxylation is 1. The fourth-order valence-corrected chi connectivity index (χ4v) is 4.35. The molecule has 2 aromatic rings. The highest BCUT2D eigenvalue weighted by molar-refractivity contribution is 5.95. The smallest absolute Gasteiger partial charge is 0.326 e. The van der Waals surface area contributed by atoms with Crippen molar-refractivity contribution in [1.29, 1.82) is 5.41 Å². The van der Waals surface area contributed by atoms with Gasteiger partial charge in [0.1, 0.15) is 11.3 Å². The lowest BCUT2D eigenvalue weighted by Crippen LogP contribution is -2.42. The Morgan fingerprint density at radius 1 is 1.20 bits per heavy atom. The SMILES string of the molecule is CNC(=O)n1ccc(N2CCCc3cc(C(=O)N4CCCC[C@H]4C)cnc32)cc1=N. The molecule has 1 atom stereocenters. The molecule has 8 heteroatoms. The molecule has 8 nitrogen and oxygen atoms in total. The summed E-state index contributed by atoms with van der Waals surface area (Å²) in [5.74, 6) is 0.885. The van der Waals surface area contributed by atoms with E-state index in [-0.39, 0.29) is 23.5 Å². The predicted octanol–water partition coefficient (Wildman–Crippen LogP) is 2.65. The van der Waals surface area contributed by atoms with Gasteiger partial charge in [-0.1, -0.05) is 0 Å². The molecule has 0 saturated carbocycles. The molecule has 4 rings (SSSR count). The van der Waals surface area contributed by atoms with Crippen molar-refractivity contribution in [3.05, 3.63) is 47.2 Å². The molecule has 1 saturated heterocycles. The summed E-state index contributed by atoms with van der Waals surface area (Å²) in [6.45, 7) is 3.70. The first-order valence-corrected chi connectivity index (χ1v) is 10.6. The molecule has 1 fully saturated rings. The summed E-state index contributed by atoms with van der Waals surface area (Å²) in [4.78, 5) is 33.6. The number of nitrogens with one attached hydrogen (secondary N) is 2. The molecule has 0 bridgehead atoms. The van der Waals surface area contributed by atoms with Crippen LogP contribution in [0.15, 0.2) is 30.6 Å². The number of hydrogen-bond donors (Lipinski definition) is 2. The first-order chi connectivity index (χ1) is 14.5. The van der Waals surface area contributed by atoms with Crippen LogP contribution in [0.3, 0.4) is 0 Å². The summed E-state index contributed by atoms with van der Waals surface area (Å²) >= 11 is 0. The number of carbonyl (C=O) groups is 2. The lowest BCUT2D eigenvalue weighted by molar-refractivity contribution is 0.0635. The van der Waals surface area contributed by atoms with Crippen LogP contribution in [0.1, 0.15) is 48.5 Å². The van der Waals surface area contributed by atoms with Crippen LogP contribution in [0.25, 0.3) is 0 Å². The van der Waals surface area contributed by atoms with Gasteiger partial charge in [0.25, 0.3) is 5.91 Å². The molecule has 2 amide bonds. The van der Waals surface area contributed by atoms with Crippen LogP contribution < -0.4 is 15.7 Å². The van der Waals surface area contributed by atoms with Crippen molar-refractivity contribution < 1.29 is 9.59 Å². The summed E-state index contributed by atoms with van der Waals surface area (Å²) in [5.41, 5.74) is 2.62. The molecule has 0 aromatic carbocycles. The fourth-order valence-electron chi connectivity index (χ4n) is 4.35. The van der Waals surface area contributed by atoms with Crippen LogP contribution in [-0.4, -0.2) is 52.6 Å². The quantitative estimate of drug-likeness (QED) is 0.799. The first kappa shape index (κ1) is 20.1. The van der Waals surface area contributed by atoms with Crippen molar-refractivity contribution in [2.24, 2.45) is 0 Å². The van der Waals surface area contributed by atoms with Gasteiger partial charge in [-0.05, 0) is 56.7 Å². The first-order valence-electron chi connectivity index (χ1n) is 10.6. The molecule has 2 aliphatic heterocycles. The molecule has 158 valence electrons.